The van der Waals surface area contributed by atoms with Crippen LogP contribution in [0.15, 0.2) is 35.1 Å². The largest absolute Gasteiger partial charge is 0.353 e. The molecular weight excluding hydrogens is 359 g/mol. The summed E-state index contributed by atoms with van der Waals surface area (Å²) in [5.74, 6) is 0.00415. The van der Waals surface area contributed by atoms with Crippen LogP contribution in [0.1, 0.15) is 48.9 Å². The van der Waals surface area contributed by atoms with Gasteiger partial charge in [-0.25, -0.2) is 0 Å². The molecule has 0 spiro atoms. The first-order chi connectivity index (χ1) is 12.0. The molecule has 4 nitrogen and oxygen atoms in total. The Labute approximate surface area is 156 Å². The molecule has 1 unspecified atom stereocenters. The van der Waals surface area contributed by atoms with Crippen LogP contribution in [0.3, 0.4) is 0 Å². The molecule has 1 aliphatic heterocycles. The van der Waals surface area contributed by atoms with E-state index >= 15 is 0 Å². The normalized spacial score (nSPS) is 18.2. The lowest BCUT2D eigenvalue weighted by Crippen LogP contribution is -2.28. The van der Waals surface area contributed by atoms with Crippen LogP contribution in [-0.4, -0.2) is 16.9 Å². The van der Waals surface area contributed by atoms with E-state index in [0.717, 1.165) is 34.7 Å². The lowest BCUT2D eigenvalue weighted by molar-refractivity contribution is -0.119. The molecular formula is C19H20Cl2N2O2. The van der Waals surface area contributed by atoms with E-state index in [2.05, 4.69) is 17.2 Å². The molecule has 132 valence electrons. The number of hydrogen-bond acceptors (Lipinski definition) is 2. The van der Waals surface area contributed by atoms with Gasteiger partial charge < -0.3 is 10.3 Å². The van der Waals surface area contributed by atoms with Gasteiger partial charge >= 0.3 is 0 Å². The van der Waals surface area contributed by atoms with E-state index < -0.39 is 0 Å². The van der Waals surface area contributed by atoms with Gasteiger partial charge in [0, 0.05) is 29.1 Å². The van der Waals surface area contributed by atoms with Gasteiger partial charge in [-0.3, -0.25) is 9.59 Å². The zero-order valence-electron chi connectivity index (χ0n) is 13.9. The van der Waals surface area contributed by atoms with E-state index in [-0.39, 0.29) is 28.4 Å². The summed E-state index contributed by atoms with van der Waals surface area (Å²) in [6.45, 7) is 2.06. The van der Waals surface area contributed by atoms with Crippen molar-refractivity contribution >= 4 is 29.1 Å². The molecule has 3 rings (SSSR count). The van der Waals surface area contributed by atoms with Crippen LogP contribution in [0.4, 0.5) is 0 Å². The van der Waals surface area contributed by atoms with Crippen LogP contribution in [0, 0.1) is 0 Å². The van der Waals surface area contributed by atoms with E-state index in [1.807, 2.05) is 24.3 Å². The average Bonchev–Trinajstić information content (AvgIpc) is 3.00. The van der Waals surface area contributed by atoms with Gasteiger partial charge in [-0.15, -0.1) is 0 Å². The number of aryl methyl sites for hydroxylation is 1. The number of halogens is 2. The van der Waals surface area contributed by atoms with E-state index in [9.17, 15) is 9.59 Å². The summed E-state index contributed by atoms with van der Waals surface area (Å²) in [5, 5.41) is 3.88. The van der Waals surface area contributed by atoms with Crippen LogP contribution < -0.4 is 10.9 Å². The van der Waals surface area contributed by atoms with Crippen molar-refractivity contribution in [3.8, 4) is 0 Å². The molecule has 0 aliphatic carbocycles. The molecule has 2 atom stereocenters. The van der Waals surface area contributed by atoms with Crippen molar-refractivity contribution in [1.82, 2.24) is 10.3 Å². The maximum Gasteiger partial charge on any atom is 0.266 e. The maximum atomic E-state index is 11.9. The predicted octanol–water partition coefficient (Wildman–Crippen LogP) is 4.04. The van der Waals surface area contributed by atoms with Gasteiger partial charge in [0.05, 0.1) is 0 Å². The van der Waals surface area contributed by atoms with Gasteiger partial charge in [-0.2, -0.15) is 0 Å². The quantitative estimate of drug-likeness (QED) is 0.824. The highest BCUT2D eigenvalue weighted by atomic mass is 35.5. The Kier molecular flexibility index (Phi) is 5.50. The monoisotopic (exact) mass is 378 g/mol. The molecule has 0 bridgehead atoms. The van der Waals surface area contributed by atoms with Crippen molar-refractivity contribution in [1.29, 1.82) is 0 Å². The van der Waals surface area contributed by atoms with Crippen LogP contribution in [-0.2, 0) is 11.2 Å². The highest BCUT2D eigenvalue weighted by Gasteiger charge is 2.26. The molecule has 1 fully saturated rings. The smallest absolute Gasteiger partial charge is 0.266 e. The summed E-state index contributed by atoms with van der Waals surface area (Å²) >= 11 is 12.3. The second-order valence-electron chi connectivity index (χ2n) is 6.39. The van der Waals surface area contributed by atoms with E-state index in [0.29, 0.717) is 12.8 Å². The van der Waals surface area contributed by atoms with Crippen molar-refractivity contribution < 1.29 is 4.79 Å². The number of carbonyl (C=O) groups is 1. The highest BCUT2D eigenvalue weighted by molar-refractivity contribution is 6.31. The van der Waals surface area contributed by atoms with Crippen molar-refractivity contribution in [3.63, 3.8) is 0 Å². The highest BCUT2D eigenvalue weighted by Crippen LogP contribution is 2.32. The zero-order valence-corrected chi connectivity index (χ0v) is 15.5. The van der Waals surface area contributed by atoms with Crippen molar-refractivity contribution in [2.45, 2.75) is 44.6 Å². The molecule has 1 saturated heterocycles. The lowest BCUT2D eigenvalue weighted by Gasteiger charge is -2.22. The minimum Gasteiger partial charge on any atom is -0.353 e. The van der Waals surface area contributed by atoms with Gasteiger partial charge in [0.1, 0.15) is 5.02 Å². The summed E-state index contributed by atoms with van der Waals surface area (Å²) in [6, 6.07) is 9.53. The topological polar surface area (TPSA) is 62.0 Å². The van der Waals surface area contributed by atoms with Crippen LogP contribution >= 0.6 is 23.2 Å². The first kappa shape index (κ1) is 18.0. The van der Waals surface area contributed by atoms with Gasteiger partial charge in [0.15, 0.2) is 0 Å². The lowest BCUT2D eigenvalue weighted by atomic mass is 9.88. The Bertz CT molecular complexity index is 848. The van der Waals surface area contributed by atoms with E-state index in [4.69, 9.17) is 23.2 Å². The van der Waals surface area contributed by atoms with Crippen LogP contribution in [0.5, 0.6) is 0 Å². The molecule has 1 aliphatic rings. The third-order valence-electron chi connectivity index (χ3n) is 4.73. The number of H-pyrrole nitrogens is 1. The number of benzene rings is 1. The Morgan fingerprint density at radius 3 is 2.56 bits per heavy atom. The average molecular weight is 379 g/mol. The maximum absolute atomic E-state index is 11.9. The van der Waals surface area contributed by atoms with Crippen LogP contribution in [0.2, 0.25) is 10.0 Å². The summed E-state index contributed by atoms with van der Waals surface area (Å²) in [6.07, 6.45) is 2.91. The number of pyridine rings is 1. The summed E-state index contributed by atoms with van der Waals surface area (Å²) in [5.41, 5.74) is 2.57. The second kappa shape index (κ2) is 7.63. The van der Waals surface area contributed by atoms with E-state index in [1.165, 1.54) is 0 Å². The first-order valence-corrected chi connectivity index (χ1v) is 9.20. The first-order valence-electron chi connectivity index (χ1n) is 8.44. The van der Waals surface area contributed by atoms with Crippen LogP contribution in [0.25, 0.3) is 0 Å². The standard InChI is InChI=1S/C19H20Cl2N2O2/c1-2-11-3-4-12(9-16(11)21)14(10-13-5-8-18(24)22-13)17-7-6-15(20)19(25)23-17/h3-4,6-7,9,13-14H,2,5,8,10H2,1H3,(H,22,24)(H,23,25)/t13-,14?/m1/s1. The SMILES string of the molecule is CCc1ccc(C(C[C@H]2CCC(=O)N2)c2ccc(Cl)c(=O)[nH]2)cc1Cl. The third-order valence-corrected chi connectivity index (χ3v) is 5.37. The molecule has 2 heterocycles. The zero-order chi connectivity index (χ0) is 18.0. The fourth-order valence-corrected chi connectivity index (χ4v) is 3.76. The second-order valence-corrected chi connectivity index (χ2v) is 7.20. The molecule has 25 heavy (non-hydrogen) atoms. The summed E-state index contributed by atoms with van der Waals surface area (Å²) < 4.78 is 0. The summed E-state index contributed by atoms with van der Waals surface area (Å²) in [7, 11) is 0. The van der Waals surface area contributed by atoms with Crippen molar-refractivity contribution in [2.24, 2.45) is 0 Å². The molecule has 2 N–H and O–H groups in total. The Hall–Kier alpha value is -1.78. The molecule has 1 aromatic heterocycles. The number of aromatic amines is 1. The number of carbonyl (C=O) groups excluding carboxylic acids is 1. The Morgan fingerprint density at radius 1 is 1.16 bits per heavy atom. The molecule has 1 amide bonds. The number of hydrogen-bond donors (Lipinski definition) is 2. The molecule has 6 heteroatoms. The fourth-order valence-electron chi connectivity index (χ4n) is 3.32. The molecule has 2 aromatic rings. The number of nitrogens with one attached hydrogen (secondary N) is 2. The van der Waals surface area contributed by atoms with Gasteiger partial charge in [0.2, 0.25) is 5.91 Å². The molecule has 0 radical (unpaired) electrons. The van der Waals surface area contributed by atoms with Crippen molar-refractivity contribution in [3.05, 3.63) is 67.6 Å². The Morgan fingerprint density at radius 2 is 1.96 bits per heavy atom. The third kappa shape index (κ3) is 4.07. The van der Waals surface area contributed by atoms with Gasteiger partial charge in [0.25, 0.3) is 5.56 Å². The van der Waals surface area contributed by atoms with Gasteiger partial charge in [-0.05, 0) is 48.6 Å². The minimum atomic E-state index is -0.309. The molecule has 1 aromatic carbocycles. The fraction of sp³-hybridized carbons (Fsp3) is 0.368. The van der Waals surface area contributed by atoms with Crippen molar-refractivity contribution in [2.75, 3.05) is 0 Å². The van der Waals surface area contributed by atoms with Gasteiger partial charge in [-0.1, -0.05) is 42.3 Å². The number of rotatable bonds is 5. The summed E-state index contributed by atoms with van der Waals surface area (Å²) in [4.78, 5) is 26.3. The predicted molar refractivity (Wildman–Crippen MR) is 101 cm³/mol. The van der Waals surface area contributed by atoms with E-state index in [1.54, 1.807) is 6.07 Å². The number of aromatic nitrogens is 1. The minimum absolute atomic E-state index is 0.0724. The Balaban J connectivity index is 1.98. The number of amides is 1. The molecule has 0 saturated carbocycles.